The fourth-order valence-corrected chi connectivity index (χ4v) is 2.44. The van der Waals surface area contributed by atoms with Crippen molar-refractivity contribution in [1.29, 1.82) is 5.39 Å². The van der Waals surface area contributed by atoms with Crippen LogP contribution in [0, 0.1) is 12.3 Å². The molecule has 0 fully saturated rings. The number of diazo groups is 1. The molecule has 0 unspecified atom stereocenters. The number of hydrogen-bond donors (Lipinski definition) is 0. The van der Waals surface area contributed by atoms with E-state index in [0.717, 1.165) is 50.0 Å². The fraction of sp³-hybridized carbons (Fsp3) is 0.611. The predicted octanol–water partition coefficient (Wildman–Crippen LogP) is 4.31. The number of halogens is 6. The summed E-state index contributed by atoms with van der Waals surface area (Å²) in [6, 6.07) is 5.57. The molecular formula is C18H29F6N4OP. The van der Waals surface area contributed by atoms with Gasteiger partial charge in [0.1, 0.15) is 0 Å². The summed E-state index contributed by atoms with van der Waals surface area (Å²) >= 11 is 0. The van der Waals surface area contributed by atoms with Crippen molar-refractivity contribution in [3.63, 3.8) is 0 Å². The number of likely N-dealkylation sites (N-methyl/N-ethyl adjacent to an activating group) is 1. The number of anilines is 1. The average Bonchev–Trinajstić information content (AvgIpc) is 2.59. The van der Waals surface area contributed by atoms with Gasteiger partial charge in [0, 0.05) is 37.5 Å². The number of nitrogens with zero attached hydrogens (tertiary/aromatic N) is 4. The number of benzene rings is 1. The number of amides is 1. The summed E-state index contributed by atoms with van der Waals surface area (Å²) in [5, 5.41) is 8.88. The summed E-state index contributed by atoms with van der Waals surface area (Å²) < 4.78 is 49.2. The molecule has 1 rings (SSSR count). The Morgan fingerprint density at radius 3 is 1.90 bits per heavy atom. The molecule has 0 aliphatic rings. The Hall–Kier alpha value is -2.08. The first kappa shape index (κ1) is 30.1. The van der Waals surface area contributed by atoms with Crippen molar-refractivity contribution >= 4 is 25.4 Å². The minimum atomic E-state index is -8.55. The van der Waals surface area contributed by atoms with E-state index in [-0.39, 0.29) is 10.6 Å². The summed E-state index contributed by atoms with van der Waals surface area (Å²) in [4.78, 5) is 19.7. The van der Waals surface area contributed by atoms with Crippen molar-refractivity contribution in [2.75, 3.05) is 31.6 Å². The van der Waals surface area contributed by atoms with E-state index in [1.54, 1.807) is 6.07 Å². The van der Waals surface area contributed by atoms with E-state index in [4.69, 9.17) is 5.39 Å². The second-order valence-electron chi connectivity index (χ2n) is 6.65. The average molecular weight is 462 g/mol. The molecule has 0 heterocycles. The Balaban J connectivity index is 0. The molecule has 0 spiro atoms. The molecule has 174 valence electrons. The van der Waals surface area contributed by atoms with Crippen molar-refractivity contribution in [2.45, 2.75) is 46.5 Å². The maximum atomic E-state index is 12.6. The van der Waals surface area contributed by atoms with Gasteiger partial charge in [-0.15, -0.1) is 0 Å². The van der Waals surface area contributed by atoms with Crippen molar-refractivity contribution in [3.05, 3.63) is 28.7 Å². The predicted molar refractivity (Wildman–Crippen MR) is 108 cm³/mol. The van der Waals surface area contributed by atoms with E-state index in [2.05, 4.69) is 18.8 Å². The maximum Gasteiger partial charge on any atom is -1.00 e. The zero-order chi connectivity index (χ0) is 22.7. The van der Waals surface area contributed by atoms with E-state index >= 15 is 0 Å². The van der Waals surface area contributed by atoms with Gasteiger partial charge in [0.05, 0.1) is 6.54 Å². The number of hydrogen-bond acceptors (Lipinski definition) is 3. The van der Waals surface area contributed by atoms with Crippen LogP contribution in [0.2, 0.25) is 0 Å². The van der Waals surface area contributed by atoms with Crippen molar-refractivity contribution in [3.8, 4) is 0 Å². The van der Waals surface area contributed by atoms with Crippen LogP contribution < -0.4 is 9.60 Å². The molecular weight excluding hydrogens is 433 g/mol. The molecule has 30 heavy (non-hydrogen) atoms. The quantitative estimate of drug-likeness (QED) is 0.312. The van der Waals surface area contributed by atoms with Gasteiger partial charge in [-0.25, -0.2) is 0 Å². The first-order valence-electron chi connectivity index (χ1n) is 9.32. The molecule has 1 aromatic rings. The number of carbonyl (C=O) groups is 1. The Kier molecular flexibility index (Phi) is 13.3. The molecule has 1 amide bonds. The largest absolute Gasteiger partial charge is 1.00 e. The monoisotopic (exact) mass is 462 g/mol. The normalized spacial score (nSPS) is 11.7. The number of rotatable bonds is 9. The second kappa shape index (κ2) is 13.3. The smallest absolute Gasteiger partial charge is 1.00 e. The third-order valence-electron chi connectivity index (χ3n) is 4.02. The van der Waals surface area contributed by atoms with Gasteiger partial charge in [-0.05, 0) is 31.9 Å². The van der Waals surface area contributed by atoms with E-state index < -0.39 is 8.16 Å². The number of unbranched alkanes of at least 4 members (excludes halogenated alkanes) is 2. The van der Waals surface area contributed by atoms with Gasteiger partial charge < -0.3 is 14.5 Å². The summed E-state index contributed by atoms with van der Waals surface area (Å²) in [6.07, 6.45) is 4.28. The van der Waals surface area contributed by atoms with Gasteiger partial charge in [0.25, 0.3) is 0 Å². The Labute approximate surface area is 173 Å². The van der Waals surface area contributed by atoms with E-state index in [1.165, 1.54) is 0 Å². The van der Waals surface area contributed by atoms with Crippen LogP contribution >= 0.6 is 8.16 Å². The summed E-state index contributed by atoms with van der Waals surface area (Å²) in [7, 11) is -6.63. The summed E-state index contributed by atoms with van der Waals surface area (Å²) in [6.45, 7) is 8.22. The maximum absolute atomic E-state index is 12.6. The molecule has 12 heteroatoms. The van der Waals surface area contributed by atoms with Gasteiger partial charge in [-0.1, -0.05) is 26.7 Å². The Morgan fingerprint density at radius 2 is 1.53 bits per heavy atom. The third-order valence-corrected chi connectivity index (χ3v) is 4.02. The Bertz CT molecular complexity index is 681. The molecule has 0 saturated carbocycles. The van der Waals surface area contributed by atoms with Crippen molar-refractivity contribution < 1.29 is 30.5 Å². The molecule has 0 aliphatic heterocycles. The van der Waals surface area contributed by atoms with Crippen LogP contribution in [0.3, 0.4) is 0 Å². The zero-order valence-corrected chi connectivity index (χ0v) is 18.5. The van der Waals surface area contributed by atoms with Crippen LogP contribution in [0.25, 0.3) is 4.98 Å². The standard InChI is InChI=1S/C18H29N4O.F5P.FH/c1-5-7-11-22(12-8-6-2)18(23)14-21(4)16-9-10-17(20-19)15(3)13-16;1-6(2,3,4)5;/h9-10,13H,5-8,11-12,14H2,1-4H3;;1H/q+1;;/p-1. The van der Waals surface area contributed by atoms with Gasteiger partial charge in [0.2, 0.25) is 11.3 Å². The van der Waals surface area contributed by atoms with Crippen LogP contribution in [0.4, 0.5) is 32.4 Å². The van der Waals surface area contributed by atoms with Gasteiger partial charge >= 0.3 is 34.8 Å². The molecule has 0 aromatic heterocycles. The van der Waals surface area contributed by atoms with E-state index in [1.807, 2.05) is 35.9 Å². The summed E-state index contributed by atoms with van der Waals surface area (Å²) in [5.41, 5.74) is 2.40. The van der Waals surface area contributed by atoms with Gasteiger partial charge in [0.15, 0.2) is 4.98 Å². The molecule has 0 bridgehead atoms. The van der Waals surface area contributed by atoms with Crippen LogP contribution in [-0.2, 0) is 4.79 Å². The van der Waals surface area contributed by atoms with Crippen molar-refractivity contribution in [2.24, 2.45) is 0 Å². The minimum absolute atomic E-state index is 0. The molecule has 0 N–H and O–H groups in total. The van der Waals surface area contributed by atoms with Gasteiger partial charge in [-0.2, -0.15) is 0 Å². The molecule has 1 aromatic carbocycles. The van der Waals surface area contributed by atoms with E-state index in [0.29, 0.717) is 12.2 Å². The molecule has 0 atom stereocenters. The first-order chi connectivity index (χ1) is 13.3. The molecule has 0 aliphatic carbocycles. The molecule has 0 radical (unpaired) electrons. The zero-order valence-electron chi connectivity index (χ0n) is 17.6. The van der Waals surface area contributed by atoms with Gasteiger partial charge in [-0.3, -0.25) is 4.79 Å². The van der Waals surface area contributed by atoms with Crippen molar-refractivity contribution in [1.82, 2.24) is 4.90 Å². The van der Waals surface area contributed by atoms with Crippen LogP contribution in [0.5, 0.6) is 0 Å². The third kappa shape index (κ3) is 14.9. The minimum Gasteiger partial charge on any atom is -1.00 e. The first-order valence-corrected chi connectivity index (χ1v) is 11.0. The molecule has 0 saturated heterocycles. The van der Waals surface area contributed by atoms with Crippen LogP contribution in [0.15, 0.2) is 18.2 Å². The summed E-state index contributed by atoms with van der Waals surface area (Å²) in [5.74, 6) is 0.169. The van der Waals surface area contributed by atoms with Crippen LogP contribution in [0.1, 0.15) is 45.1 Å². The second-order valence-corrected chi connectivity index (χ2v) is 7.93. The van der Waals surface area contributed by atoms with E-state index in [9.17, 15) is 25.8 Å². The number of carbonyl (C=O) groups excluding carboxylic acids is 1. The Morgan fingerprint density at radius 1 is 1.07 bits per heavy atom. The SMILES string of the molecule is CCCCN(CCCC)C(=O)CN(C)c1ccc([N+]#N)c(C)c1.FP(F)(F)(F)F.[F-]. The topological polar surface area (TPSA) is 51.7 Å². The molecule has 5 nitrogen and oxygen atoms in total. The number of aryl methyl sites for hydroxylation is 1. The fourth-order valence-electron chi connectivity index (χ4n) is 2.44. The van der Waals surface area contributed by atoms with Crippen LogP contribution in [-0.4, -0.2) is 37.5 Å².